The third-order valence-electron chi connectivity index (χ3n) is 3.59. The Morgan fingerprint density at radius 1 is 1.17 bits per heavy atom. The molecule has 2 rings (SSSR count). The van der Waals surface area contributed by atoms with E-state index in [-0.39, 0.29) is 5.91 Å². The Morgan fingerprint density at radius 2 is 1.83 bits per heavy atom. The average molecular weight is 246 g/mol. The Labute approximate surface area is 109 Å². The van der Waals surface area contributed by atoms with E-state index in [0.717, 1.165) is 24.8 Å². The standard InChI is InChI=1S/C15H22N2O/c16-11-10-12-6-8-13(9-7-12)15(18)17-14-4-2-1-3-5-14/h6-9,14H,1-5,10-11,16H2,(H,17,18). The first kappa shape index (κ1) is 13.1. The monoisotopic (exact) mass is 246 g/mol. The SMILES string of the molecule is NCCc1ccc(C(=O)NC2CCCCC2)cc1. The highest BCUT2D eigenvalue weighted by Crippen LogP contribution is 2.17. The summed E-state index contributed by atoms with van der Waals surface area (Å²) in [5.41, 5.74) is 7.44. The molecule has 3 heteroatoms. The molecule has 98 valence electrons. The fourth-order valence-electron chi connectivity index (χ4n) is 2.51. The molecule has 1 aromatic carbocycles. The van der Waals surface area contributed by atoms with Crippen LogP contribution in [-0.2, 0) is 6.42 Å². The minimum absolute atomic E-state index is 0.0567. The molecular formula is C15H22N2O. The van der Waals surface area contributed by atoms with Gasteiger partial charge in [-0.2, -0.15) is 0 Å². The second-order valence-electron chi connectivity index (χ2n) is 5.04. The van der Waals surface area contributed by atoms with Crippen LogP contribution in [0.15, 0.2) is 24.3 Å². The summed E-state index contributed by atoms with van der Waals surface area (Å²) in [7, 11) is 0. The van der Waals surface area contributed by atoms with Crippen LogP contribution in [0.2, 0.25) is 0 Å². The average Bonchev–Trinajstić information content (AvgIpc) is 2.41. The molecule has 0 heterocycles. The number of nitrogens with two attached hydrogens (primary N) is 1. The highest BCUT2D eigenvalue weighted by Gasteiger charge is 2.16. The molecule has 0 atom stereocenters. The van der Waals surface area contributed by atoms with Crippen molar-refractivity contribution in [3.8, 4) is 0 Å². The van der Waals surface area contributed by atoms with E-state index in [1.165, 1.54) is 24.8 Å². The molecule has 0 radical (unpaired) electrons. The van der Waals surface area contributed by atoms with Crippen molar-refractivity contribution in [2.45, 2.75) is 44.6 Å². The lowest BCUT2D eigenvalue weighted by molar-refractivity contribution is 0.0927. The first-order valence-electron chi connectivity index (χ1n) is 6.89. The van der Waals surface area contributed by atoms with Gasteiger partial charge in [-0.25, -0.2) is 0 Å². The molecule has 0 saturated heterocycles. The normalized spacial score (nSPS) is 16.5. The molecule has 1 aromatic rings. The lowest BCUT2D eigenvalue weighted by atomic mass is 9.95. The van der Waals surface area contributed by atoms with Crippen LogP contribution in [0.25, 0.3) is 0 Å². The van der Waals surface area contributed by atoms with Gasteiger partial charge in [-0.3, -0.25) is 4.79 Å². The first-order chi connectivity index (χ1) is 8.79. The number of hydrogen-bond acceptors (Lipinski definition) is 2. The number of benzene rings is 1. The molecule has 1 fully saturated rings. The van der Waals surface area contributed by atoms with Crippen LogP contribution in [0.4, 0.5) is 0 Å². The fourth-order valence-corrected chi connectivity index (χ4v) is 2.51. The zero-order chi connectivity index (χ0) is 12.8. The molecule has 18 heavy (non-hydrogen) atoms. The number of rotatable bonds is 4. The maximum absolute atomic E-state index is 12.0. The third kappa shape index (κ3) is 3.57. The van der Waals surface area contributed by atoms with E-state index < -0.39 is 0 Å². The molecule has 0 bridgehead atoms. The van der Waals surface area contributed by atoms with Gasteiger partial charge in [0.2, 0.25) is 0 Å². The van der Waals surface area contributed by atoms with E-state index in [9.17, 15) is 4.79 Å². The van der Waals surface area contributed by atoms with Crippen molar-refractivity contribution in [1.82, 2.24) is 5.32 Å². The molecule has 3 N–H and O–H groups in total. The number of amides is 1. The summed E-state index contributed by atoms with van der Waals surface area (Å²) in [6.45, 7) is 0.646. The van der Waals surface area contributed by atoms with E-state index in [1.54, 1.807) is 0 Å². The summed E-state index contributed by atoms with van der Waals surface area (Å²) in [6.07, 6.45) is 6.89. The van der Waals surface area contributed by atoms with Crippen molar-refractivity contribution < 1.29 is 4.79 Å². The van der Waals surface area contributed by atoms with Crippen molar-refractivity contribution in [2.75, 3.05) is 6.54 Å². The van der Waals surface area contributed by atoms with Crippen molar-refractivity contribution in [1.29, 1.82) is 0 Å². The third-order valence-corrected chi connectivity index (χ3v) is 3.59. The molecule has 1 aliphatic rings. The lowest BCUT2D eigenvalue weighted by Gasteiger charge is -2.22. The minimum atomic E-state index is 0.0567. The molecule has 1 amide bonds. The number of hydrogen-bond donors (Lipinski definition) is 2. The van der Waals surface area contributed by atoms with Crippen molar-refractivity contribution in [2.24, 2.45) is 5.73 Å². The summed E-state index contributed by atoms with van der Waals surface area (Å²) < 4.78 is 0. The molecule has 3 nitrogen and oxygen atoms in total. The van der Waals surface area contributed by atoms with E-state index in [0.29, 0.717) is 12.6 Å². The van der Waals surface area contributed by atoms with Gasteiger partial charge in [-0.05, 0) is 43.5 Å². The summed E-state index contributed by atoms with van der Waals surface area (Å²) in [6, 6.07) is 8.13. The van der Waals surface area contributed by atoms with E-state index in [4.69, 9.17) is 5.73 Å². The maximum Gasteiger partial charge on any atom is 0.251 e. The van der Waals surface area contributed by atoms with Crippen LogP contribution in [0.5, 0.6) is 0 Å². The molecule has 1 aliphatic carbocycles. The van der Waals surface area contributed by atoms with Crippen molar-refractivity contribution in [3.05, 3.63) is 35.4 Å². The van der Waals surface area contributed by atoms with Gasteiger partial charge in [0.1, 0.15) is 0 Å². The summed E-state index contributed by atoms with van der Waals surface area (Å²) in [4.78, 5) is 12.0. The van der Waals surface area contributed by atoms with Gasteiger partial charge in [0.25, 0.3) is 5.91 Å². The minimum Gasteiger partial charge on any atom is -0.349 e. The zero-order valence-corrected chi connectivity index (χ0v) is 10.8. The van der Waals surface area contributed by atoms with Crippen molar-refractivity contribution in [3.63, 3.8) is 0 Å². The van der Waals surface area contributed by atoms with Gasteiger partial charge in [-0.1, -0.05) is 31.4 Å². The smallest absolute Gasteiger partial charge is 0.251 e. The topological polar surface area (TPSA) is 55.1 Å². The van der Waals surface area contributed by atoms with Crippen LogP contribution >= 0.6 is 0 Å². The predicted octanol–water partition coefficient (Wildman–Crippen LogP) is 2.25. The lowest BCUT2D eigenvalue weighted by Crippen LogP contribution is -2.36. The van der Waals surface area contributed by atoms with Crippen LogP contribution in [0.1, 0.15) is 48.0 Å². The number of carbonyl (C=O) groups is 1. The Bertz CT molecular complexity index is 380. The van der Waals surface area contributed by atoms with Crippen LogP contribution in [0, 0.1) is 0 Å². The van der Waals surface area contributed by atoms with Gasteiger partial charge in [0, 0.05) is 11.6 Å². The Hall–Kier alpha value is -1.35. The van der Waals surface area contributed by atoms with Gasteiger partial charge in [-0.15, -0.1) is 0 Å². The van der Waals surface area contributed by atoms with E-state index in [1.807, 2.05) is 24.3 Å². The second-order valence-corrected chi connectivity index (χ2v) is 5.04. The van der Waals surface area contributed by atoms with Crippen LogP contribution in [0.3, 0.4) is 0 Å². The molecule has 0 aromatic heterocycles. The van der Waals surface area contributed by atoms with Gasteiger partial charge < -0.3 is 11.1 Å². The molecule has 0 spiro atoms. The number of carbonyl (C=O) groups excluding carboxylic acids is 1. The van der Waals surface area contributed by atoms with Crippen LogP contribution < -0.4 is 11.1 Å². The summed E-state index contributed by atoms with van der Waals surface area (Å²) in [5, 5.41) is 3.12. The van der Waals surface area contributed by atoms with Gasteiger partial charge in [0.15, 0.2) is 0 Å². The summed E-state index contributed by atoms with van der Waals surface area (Å²) in [5.74, 6) is 0.0567. The van der Waals surface area contributed by atoms with Gasteiger partial charge in [0.05, 0.1) is 0 Å². The molecule has 0 aliphatic heterocycles. The van der Waals surface area contributed by atoms with Crippen LogP contribution in [-0.4, -0.2) is 18.5 Å². The predicted molar refractivity (Wildman–Crippen MR) is 73.5 cm³/mol. The Morgan fingerprint density at radius 3 is 2.44 bits per heavy atom. The largest absolute Gasteiger partial charge is 0.349 e. The zero-order valence-electron chi connectivity index (χ0n) is 10.8. The molecule has 0 unspecified atom stereocenters. The quantitative estimate of drug-likeness (QED) is 0.856. The first-order valence-corrected chi connectivity index (χ1v) is 6.89. The highest BCUT2D eigenvalue weighted by molar-refractivity contribution is 5.94. The Balaban J connectivity index is 1.91. The number of nitrogens with one attached hydrogen (secondary N) is 1. The highest BCUT2D eigenvalue weighted by atomic mass is 16.1. The second kappa shape index (κ2) is 6.55. The van der Waals surface area contributed by atoms with Crippen molar-refractivity contribution >= 4 is 5.91 Å². The molecular weight excluding hydrogens is 224 g/mol. The van der Waals surface area contributed by atoms with E-state index in [2.05, 4.69) is 5.32 Å². The summed E-state index contributed by atoms with van der Waals surface area (Å²) >= 11 is 0. The maximum atomic E-state index is 12.0. The Kier molecular flexibility index (Phi) is 4.76. The fraction of sp³-hybridized carbons (Fsp3) is 0.533. The molecule has 1 saturated carbocycles. The van der Waals surface area contributed by atoms with Gasteiger partial charge >= 0.3 is 0 Å². The van der Waals surface area contributed by atoms with E-state index >= 15 is 0 Å².